The number of anilines is 2. The number of rotatable bonds is 6. The van der Waals surface area contributed by atoms with Crippen molar-refractivity contribution in [2.45, 2.75) is 6.92 Å². The van der Waals surface area contributed by atoms with Crippen molar-refractivity contribution in [2.24, 2.45) is 0 Å². The van der Waals surface area contributed by atoms with E-state index in [1.807, 2.05) is 12.1 Å². The van der Waals surface area contributed by atoms with Crippen LogP contribution in [0.15, 0.2) is 65.1 Å². The molecule has 3 aromatic carbocycles. The molecule has 0 radical (unpaired) electrons. The number of furan rings is 1. The van der Waals surface area contributed by atoms with Crippen LogP contribution in [0.5, 0.6) is 11.5 Å². The second-order valence-corrected chi connectivity index (χ2v) is 7.61. The van der Waals surface area contributed by atoms with E-state index in [0.717, 1.165) is 5.39 Å². The highest BCUT2D eigenvalue weighted by Gasteiger charge is 2.22. The summed E-state index contributed by atoms with van der Waals surface area (Å²) in [6, 6.07) is 17.3. The number of nitrogens with one attached hydrogen (secondary N) is 2. The lowest BCUT2D eigenvalue weighted by Gasteiger charge is -2.16. The van der Waals surface area contributed by atoms with Gasteiger partial charge in [-0.2, -0.15) is 0 Å². The molecule has 0 bridgehead atoms. The number of hydrogen-bond acceptors (Lipinski definition) is 5. The van der Waals surface area contributed by atoms with Gasteiger partial charge < -0.3 is 24.5 Å². The molecule has 0 saturated carbocycles. The van der Waals surface area contributed by atoms with Gasteiger partial charge >= 0.3 is 0 Å². The van der Waals surface area contributed by atoms with Gasteiger partial charge in [-0.1, -0.05) is 41.9 Å². The van der Waals surface area contributed by atoms with Crippen molar-refractivity contribution >= 4 is 45.8 Å². The molecule has 8 heteroatoms. The van der Waals surface area contributed by atoms with E-state index in [4.69, 9.17) is 25.5 Å². The minimum absolute atomic E-state index is 0.139. The van der Waals surface area contributed by atoms with Gasteiger partial charge in [0, 0.05) is 28.6 Å². The van der Waals surface area contributed by atoms with Gasteiger partial charge in [-0.25, -0.2) is 0 Å². The molecule has 0 atom stereocenters. The molecule has 168 valence electrons. The first-order valence-corrected chi connectivity index (χ1v) is 10.4. The average Bonchev–Trinajstić information content (AvgIpc) is 3.18. The molecule has 2 N–H and O–H groups in total. The third-order valence-electron chi connectivity index (χ3n) is 5.18. The van der Waals surface area contributed by atoms with Crippen molar-refractivity contribution in [1.29, 1.82) is 0 Å². The predicted octanol–water partition coefficient (Wildman–Crippen LogP) is 5.92. The minimum atomic E-state index is -0.471. The summed E-state index contributed by atoms with van der Waals surface area (Å²) in [5.41, 5.74) is 2.36. The van der Waals surface area contributed by atoms with Crippen molar-refractivity contribution in [3.63, 3.8) is 0 Å². The molecule has 33 heavy (non-hydrogen) atoms. The topological polar surface area (TPSA) is 89.8 Å². The van der Waals surface area contributed by atoms with Crippen LogP contribution in [0.2, 0.25) is 5.02 Å². The predicted molar refractivity (Wildman–Crippen MR) is 128 cm³/mol. The first-order valence-electron chi connectivity index (χ1n) is 10.0. The zero-order chi connectivity index (χ0) is 23.5. The zero-order valence-electron chi connectivity index (χ0n) is 18.2. The second kappa shape index (κ2) is 9.26. The van der Waals surface area contributed by atoms with Crippen LogP contribution in [0.4, 0.5) is 11.4 Å². The van der Waals surface area contributed by atoms with Gasteiger partial charge in [0.1, 0.15) is 11.5 Å². The van der Waals surface area contributed by atoms with Gasteiger partial charge in [0.25, 0.3) is 11.8 Å². The highest BCUT2D eigenvalue weighted by Crippen LogP contribution is 2.38. The molecular formula is C25H21ClN2O5. The van der Waals surface area contributed by atoms with E-state index in [1.165, 1.54) is 14.2 Å². The smallest absolute Gasteiger partial charge is 0.291 e. The largest absolute Gasteiger partial charge is 0.494 e. The molecule has 0 unspecified atom stereocenters. The van der Waals surface area contributed by atoms with Gasteiger partial charge in [0.2, 0.25) is 0 Å². The van der Waals surface area contributed by atoms with E-state index in [0.29, 0.717) is 44.6 Å². The van der Waals surface area contributed by atoms with E-state index < -0.39 is 5.91 Å². The number of ether oxygens (including phenoxy) is 2. The quantitative estimate of drug-likeness (QED) is 0.370. The summed E-state index contributed by atoms with van der Waals surface area (Å²) in [4.78, 5) is 25.6. The maximum atomic E-state index is 13.0. The normalized spacial score (nSPS) is 10.7. The van der Waals surface area contributed by atoms with Crippen LogP contribution in [-0.2, 0) is 0 Å². The monoisotopic (exact) mass is 464 g/mol. The van der Waals surface area contributed by atoms with E-state index >= 15 is 0 Å². The van der Waals surface area contributed by atoms with Crippen LogP contribution < -0.4 is 20.1 Å². The number of amides is 2. The number of aryl methyl sites for hydroxylation is 1. The lowest BCUT2D eigenvalue weighted by Crippen LogP contribution is -2.15. The Morgan fingerprint density at radius 3 is 2.03 bits per heavy atom. The van der Waals surface area contributed by atoms with Gasteiger partial charge in [0.15, 0.2) is 11.3 Å². The molecule has 0 aliphatic heterocycles. The maximum absolute atomic E-state index is 13.0. The molecule has 0 aliphatic carbocycles. The van der Waals surface area contributed by atoms with Crippen LogP contribution in [0, 0.1) is 6.92 Å². The molecule has 0 aliphatic rings. The number of benzene rings is 3. The Hall–Kier alpha value is -3.97. The fourth-order valence-electron chi connectivity index (χ4n) is 3.48. The zero-order valence-corrected chi connectivity index (χ0v) is 18.9. The van der Waals surface area contributed by atoms with Gasteiger partial charge in [-0.05, 0) is 25.1 Å². The highest BCUT2D eigenvalue weighted by atomic mass is 35.5. The molecule has 0 spiro atoms. The molecule has 0 saturated heterocycles. The fraction of sp³-hybridized carbons (Fsp3) is 0.120. The lowest BCUT2D eigenvalue weighted by molar-refractivity contribution is 0.0995. The standard InChI is InChI=1S/C25H21ClN2O5/c1-14-16-10-7-11-17(26)23(16)33-22(14)25(30)28-19-13-20(31-2)18(12-21(19)32-3)27-24(29)15-8-5-4-6-9-15/h4-13H,1-3H3,(H,27,29)(H,28,30). The maximum Gasteiger partial charge on any atom is 0.291 e. The average molecular weight is 465 g/mol. The van der Waals surface area contributed by atoms with Crippen LogP contribution in [0.3, 0.4) is 0 Å². The van der Waals surface area contributed by atoms with E-state index in [1.54, 1.807) is 55.5 Å². The van der Waals surface area contributed by atoms with Crippen LogP contribution in [0.1, 0.15) is 26.5 Å². The molecule has 4 aromatic rings. The van der Waals surface area contributed by atoms with E-state index in [9.17, 15) is 9.59 Å². The second-order valence-electron chi connectivity index (χ2n) is 7.20. The Balaban J connectivity index is 1.64. The van der Waals surface area contributed by atoms with Crippen LogP contribution in [-0.4, -0.2) is 26.0 Å². The lowest BCUT2D eigenvalue weighted by atomic mass is 10.1. The Bertz CT molecular complexity index is 1350. The molecule has 1 heterocycles. The Kier molecular flexibility index (Phi) is 6.24. The van der Waals surface area contributed by atoms with Gasteiger partial charge in [-0.15, -0.1) is 0 Å². The number of carbonyl (C=O) groups excluding carboxylic acids is 2. The molecular weight excluding hydrogens is 444 g/mol. The van der Waals surface area contributed by atoms with Crippen LogP contribution >= 0.6 is 11.6 Å². The highest BCUT2D eigenvalue weighted by molar-refractivity contribution is 6.35. The summed E-state index contributed by atoms with van der Waals surface area (Å²) in [5, 5.41) is 6.78. The van der Waals surface area contributed by atoms with Gasteiger partial charge in [-0.3, -0.25) is 9.59 Å². The summed E-state index contributed by atoms with van der Waals surface area (Å²) >= 11 is 6.20. The van der Waals surface area contributed by atoms with Gasteiger partial charge in [0.05, 0.1) is 30.6 Å². The molecule has 1 aromatic heterocycles. The number of carbonyl (C=O) groups is 2. The van der Waals surface area contributed by atoms with E-state index in [-0.39, 0.29) is 11.7 Å². The SMILES string of the molecule is COc1cc(NC(=O)c2oc3c(Cl)cccc3c2C)c(OC)cc1NC(=O)c1ccccc1. The van der Waals surface area contributed by atoms with Crippen molar-refractivity contribution in [3.05, 3.63) is 82.6 Å². The fourth-order valence-corrected chi connectivity index (χ4v) is 3.69. The Morgan fingerprint density at radius 2 is 1.45 bits per heavy atom. The molecule has 2 amide bonds. The number of hydrogen-bond donors (Lipinski definition) is 2. The molecule has 4 rings (SSSR count). The summed E-state index contributed by atoms with van der Waals surface area (Å²) in [6.45, 7) is 1.79. The summed E-state index contributed by atoms with van der Waals surface area (Å²) < 4.78 is 16.6. The third-order valence-corrected chi connectivity index (χ3v) is 5.47. The first kappa shape index (κ1) is 22.2. The molecule has 0 fully saturated rings. The van der Waals surface area contributed by atoms with Crippen molar-refractivity contribution in [2.75, 3.05) is 24.9 Å². The summed E-state index contributed by atoms with van der Waals surface area (Å²) in [6.07, 6.45) is 0. The number of methoxy groups -OCH3 is 2. The van der Waals surface area contributed by atoms with Crippen molar-refractivity contribution in [3.8, 4) is 11.5 Å². The molecule has 7 nitrogen and oxygen atoms in total. The van der Waals surface area contributed by atoms with Crippen molar-refractivity contribution < 1.29 is 23.5 Å². The Morgan fingerprint density at radius 1 is 0.848 bits per heavy atom. The third kappa shape index (κ3) is 4.36. The van der Waals surface area contributed by atoms with Crippen LogP contribution in [0.25, 0.3) is 11.0 Å². The minimum Gasteiger partial charge on any atom is -0.494 e. The summed E-state index contributed by atoms with van der Waals surface area (Å²) in [7, 11) is 2.93. The Labute approximate surface area is 195 Å². The summed E-state index contributed by atoms with van der Waals surface area (Å²) in [5.74, 6) is 0.0448. The number of fused-ring (bicyclic) bond motifs is 1. The van der Waals surface area contributed by atoms with E-state index in [2.05, 4.69) is 10.6 Å². The van der Waals surface area contributed by atoms with Crippen molar-refractivity contribution in [1.82, 2.24) is 0 Å². The number of para-hydroxylation sites is 1. The number of halogens is 1. The first-order chi connectivity index (χ1) is 15.9.